The van der Waals surface area contributed by atoms with Crippen molar-refractivity contribution in [3.63, 3.8) is 0 Å². The zero-order valence-corrected chi connectivity index (χ0v) is 14.6. The van der Waals surface area contributed by atoms with Gasteiger partial charge < -0.3 is 15.4 Å². The van der Waals surface area contributed by atoms with Crippen molar-refractivity contribution in [2.75, 3.05) is 10.6 Å². The van der Waals surface area contributed by atoms with Crippen LogP contribution in [0.15, 0.2) is 48.8 Å². The van der Waals surface area contributed by atoms with E-state index in [1.54, 1.807) is 0 Å². The molecule has 0 saturated heterocycles. The molecule has 3 rings (SSSR count). The van der Waals surface area contributed by atoms with Crippen molar-refractivity contribution in [2.24, 2.45) is 0 Å². The topological polar surface area (TPSA) is 102 Å². The van der Waals surface area contributed by atoms with E-state index in [9.17, 15) is 32.1 Å². The lowest BCUT2D eigenvalue weighted by Crippen LogP contribution is -2.17. The van der Waals surface area contributed by atoms with Gasteiger partial charge in [-0.05, 0) is 36.4 Å². The lowest BCUT2D eigenvalue weighted by molar-refractivity contribution is -0.383. The molecule has 3 aromatic rings. The van der Waals surface area contributed by atoms with Crippen molar-refractivity contribution in [3.05, 3.63) is 70.5 Å². The van der Waals surface area contributed by atoms with Gasteiger partial charge in [0.1, 0.15) is 23.7 Å². The van der Waals surface area contributed by atoms with E-state index in [1.165, 1.54) is 12.1 Å². The molecule has 30 heavy (non-hydrogen) atoms. The van der Waals surface area contributed by atoms with Gasteiger partial charge >= 0.3 is 12.0 Å². The van der Waals surface area contributed by atoms with E-state index in [0.29, 0.717) is 0 Å². The first-order chi connectivity index (χ1) is 14.1. The molecule has 156 valence electrons. The number of alkyl halides is 3. The molecule has 8 nitrogen and oxygen atoms in total. The van der Waals surface area contributed by atoms with Gasteiger partial charge in [0.15, 0.2) is 0 Å². The number of anilines is 4. The summed E-state index contributed by atoms with van der Waals surface area (Å²) in [6, 6.07) is 6.81. The van der Waals surface area contributed by atoms with Crippen LogP contribution in [-0.4, -0.2) is 21.3 Å². The number of halogens is 5. The zero-order chi connectivity index (χ0) is 21.9. The third-order valence-electron chi connectivity index (χ3n) is 3.54. The van der Waals surface area contributed by atoms with Crippen molar-refractivity contribution in [1.29, 1.82) is 0 Å². The molecule has 0 radical (unpaired) electrons. The van der Waals surface area contributed by atoms with E-state index in [0.717, 1.165) is 36.7 Å². The predicted octanol–water partition coefficient (Wildman–Crippen LogP) is 5.05. The summed E-state index contributed by atoms with van der Waals surface area (Å²) in [7, 11) is 0. The van der Waals surface area contributed by atoms with E-state index in [-0.39, 0.29) is 11.5 Å². The highest BCUT2D eigenvalue weighted by atomic mass is 19.4. The summed E-state index contributed by atoms with van der Waals surface area (Å²) < 4.78 is 67.6. The fraction of sp³-hybridized carbons (Fsp3) is 0.0588. The number of aromatic nitrogens is 2. The van der Waals surface area contributed by atoms with Gasteiger partial charge in [0, 0.05) is 11.8 Å². The Morgan fingerprint density at radius 1 is 0.967 bits per heavy atom. The van der Waals surface area contributed by atoms with E-state index >= 15 is 0 Å². The summed E-state index contributed by atoms with van der Waals surface area (Å²) >= 11 is 0. The molecular formula is C17H10F5N5O3. The Balaban J connectivity index is 1.89. The highest BCUT2D eigenvalue weighted by molar-refractivity contribution is 5.76. The van der Waals surface area contributed by atoms with Crippen LogP contribution >= 0.6 is 0 Å². The van der Waals surface area contributed by atoms with Crippen molar-refractivity contribution in [3.8, 4) is 5.75 Å². The van der Waals surface area contributed by atoms with Crippen LogP contribution < -0.4 is 15.4 Å². The van der Waals surface area contributed by atoms with E-state index < -0.39 is 45.9 Å². The maximum absolute atomic E-state index is 13.8. The maximum atomic E-state index is 13.8. The Bertz CT molecular complexity index is 1080. The molecule has 1 heterocycles. The average molecular weight is 427 g/mol. The summed E-state index contributed by atoms with van der Waals surface area (Å²) in [4.78, 5) is 18.1. The van der Waals surface area contributed by atoms with Crippen LogP contribution in [0.1, 0.15) is 0 Å². The summed E-state index contributed by atoms with van der Waals surface area (Å²) in [6.45, 7) is 0. The van der Waals surface area contributed by atoms with Crippen molar-refractivity contribution >= 4 is 28.7 Å². The first-order valence-corrected chi connectivity index (χ1v) is 7.96. The predicted molar refractivity (Wildman–Crippen MR) is 94.7 cm³/mol. The van der Waals surface area contributed by atoms with Gasteiger partial charge in [0.05, 0.1) is 10.6 Å². The second-order valence-corrected chi connectivity index (χ2v) is 5.62. The molecule has 0 atom stereocenters. The average Bonchev–Trinajstić information content (AvgIpc) is 2.65. The van der Waals surface area contributed by atoms with Crippen molar-refractivity contribution < 1.29 is 31.6 Å². The molecule has 0 bridgehead atoms. The Morgan fingerprint density at radius 3 is 2.20 bits per heavy atom. The summed E-state index contributed by atoms with van der Waals surface area (Å²) in [5.41, 5.74) is -0.942. The van der Waals surface area contributed by atoms with Crippen LogP contribution in [0.3, 0.4) is 0 Å². The number of benzene rings is 2. The fourth-order valence-electron chi connectivity index (χ4n) is 2.33. The van der Waals surface area contributed by atoms with Gasteiger partial charge in [0.25, 0.3) is 0 Å². The van der Waals surface area contributed by atoms with Crippen LogP contribution in [0.25, 0.3) is 0 Å². The van der Waals surface area contributed by atoms with Crippen molar-refractivity contribution in [1.82, 2.24) is 9.97 Å². The number of ether oxygens (including phenoxy) is 1. The molecule has 13 heteroatoms. The van der Waals surface area contributed by atoms with Crippen LogP contribution in [0, 0.1) is 21.7 Å². The molecule has 1 aromatic heterocycles. The van der Waals surface area contributed by atoms with Gasteiger partial charge in [-0.2, -0.15) is 0 Å². The number of nitro groups is 1. The van der Waals surface area contributed by atoms with Crippen LogP contribution in [-0.2, 0) is 0 Å². The Kier molecular flexibility index (Phi) is 5.62. The monoisotopic (exact) mass is 427 g/mol. The molecule has 0 aliphatic rings. The normalized spacial score (nSPS) is 11.1. The number of nitrogens with one attached hydrogen (secondary N) is 2. The van der Waals surface area contributed by atoms with Crippen LogP contribution in [0.4, 0.5) is 50.6 Å². The minimum atomic E-state index is -4.87. The molecule has 0 saturated carbocycles. The Morgan fingerprint density at radius 2 is 1.60 bits per heavy atom. The number of hydrogen-bond donors (Lipinski definition) is 2. The lowest BCUT2D eigenvalue weighted by Gasteiger charge is -2.12. The van der Waals surface area contributed by atoms with Gasteiger partial charge in [-0.3, -0.25) is 10.1 Å². The molecule has 0 unspecified atom stereocenters. The highest BCUT2D eigenvalue weighted by Gasteiger charge is 2.31. The molecule has 0 amide bonds. The van der Waals surface area contributed by atoms with Crippen LogP contribution in [0.5, 0.6) is 5.75 Å². The summed E-state index contributed by atoms with van der Waals surface area (Å²) in [6.07, 6.45) is -3.94. The van der Waals surface area contributed by atoms with Gasteiger partial charge in [-0.1, -0.05) is 0 Å². The van der Waals surface area contributed by atoms with E-state index in [1.807, 2.05) is 0 Å². The van der Waals surface area contributed by atoms with Crippen molar-refractivity contribution in [2.45, 2.75) is 6.36 Å². The first kappa shape index (κ1) is 20.7. The second kappa shape index (κ2) is 8.14. The third kappa shape index (κ3) is 5.06. The largest absolute Gasteiger partial charge is 0.573 e. The third-order valence-corrected chi connectivity index (χ3v) is 3.54. The minimum Gasteiger partial charge on any atom is -0.406 e. The summed E-state index contributed by atoms with van der Waals surface area (Å²) in [5.74, 6) is -2.92. The van der Waals surface area contributed by atoms with E-state index in [4.69, 9.17) is 0 Å². The minimum absolute atomic E-state index is 0.147. The summed E-state index contributed by atoms with van der Waals surface area (Å²) in [5, 5.41) is 16.4. The smallest absolute Gasteiger partial charge is 0.406 e. The molecule has 2 N–H and O–H groups in total. The molecule has 2 aromatic carbocycles. The SMILES string of the molecule is O=[N+]([O-])c1c(Nc2ccc(OC(F)(F)F)cc2)ncnc1Nc1cc(F)ccc1F. The van der Waals surface area contributed by atoms with Gasteiger partial charge in [0.2, 0.25) is 11.6 Å². The Hall–Kier alpha value is -4.03. The van der Waals surface area contributed by atoms with Gasteiger partial charge in [-0.15, -0.1) is 13.2 Å². The number of hydrogen-bond acceptors (Lipinski definition) is 7. The number of nitrogens with zero attached hydrogens (tertiary/aromatic N) is 3. The molecule has 0 fully saturated rings. The van der Waals surface area contributed by atoms with E-state index in [2.05, 4.69) is 25.3 Å². The molecule has 0 spiro atoms. The Labute approximate surface area is 164 Å². The standard InChI is InChI=1S/C17H10F5N5O3/c18-9-1-6-12(19)13(7-9)26-16-14(27(28)29)15(23-8-24-16)25-10-2-4-11(5-3-10)30-17(20,21)22/h1-8H,(H2,23,24,25,26). The number of rotatable bonds is 6. The second-order valence-electron chi connectivity index (χ2n) is 5.62. The fourth-order valence-corrected chi connectivity index (χ4v) is 2.33. The maximum Gasteiger partial charge on any atom is 0.573 e. The zero-order valence-electron chi connectivity index (χ0n) is 14.6. The van der Waals surface area contributed by atoms with Crippen LogP contribution in [0.2, 0.25) is 0 Å². The highest BCUT2D eigenvalue weighted by Crippen LogP contribution is 2.34. The molecule has 0 aliphatic carbocycles. The molecular weight excluding hydrogens is 417 g/mol. The first-order valence-electron chi connectivity index (χ1n) is 7.96. The van der Waals surface area contributed by atoms with Gasteiger partial charge in [-0.25, -0.2) is 18.7 Å². The molecule has 0 aliphatic heterocycles. The lowest BCUT2D eigenvalue weighted by atomic mass is 10.2. The quantitative estimate of drug-likeness (QED) is 0.322.